The Kier molecular flexibility index (Phi) is 5.82. The zero-order valence-electron chi connectivity index (χ0n) is 15.2. The highest BCUT2D eigenvalue weighted by atomic mass is 32.2. The smallest absolute Gasteiger partial charge is 0.193 e. The standard InChI is InChI=1S/C18H26FN3O3S/c1-13-10-22(11-17(25-13)15-3-5-16(19)6-4-15)18(20-2)21-9-14-7-8-26(23,24)12-14/h3-6,13-14,17H,7-12H2,1-2H3,(H,20,21). The van der Waals surface area contributed by atoms with Gasteiger partial charge in [-0.25, -0.2) is 12.8 Å². The normalized spacial score (nSPS) is 29.0. The molecule has 2 aliphatic heterocycles. The van der Waals surface area contributed by atoms with Gasteiger partial charge in [0.1, 0.15) is 11.9 Å². The Balaban J connectivity index is 1.63. The molecule has 0 saturated carbocycles. The molecule has 3 unspecified atom stereocenters. The van der Waals surface area contributed by atoms with Crippen molar-refractivity contribution in [2.75, 3.05) is 38.2 Å². The number of hydrogen-bond acceptors (Lipinski definition) is 4. The van der Waals surface area contributed by atoms with Crippen molar-refractivity contribution in [2.24, 2.45) is 10.9 Å². The van der Waals surface area contributed by atoms with E-state index in [9.17, 15) is 12.8 Å². The number of benzene rings is 1. The lowest BCUT2D eigenvalue weighted by Crippen LogP contribution is -2.51. The first-order valence-electron chi connectivity index (χ1n) is 8.93. The molecular weight excluding hydrogens is 357 g/mol. The Bertz CT molecular complexity index is 751. The molecule has 1 N–H and O–H groups in total. The first-order valence-corrected chi connectivity index (χ1v) is 10.8. The second-order valence-corrected chi connectivity index (χ2v) is 9.32. The largest absolute Gasteiger partial charge is 0.367 e. The maximum Gasteiger partial charge on any atom is 0.193 e. The molecule has 0 spiro atoms. The van der Waals surface area contributed by atoms with E-state index < -0.39 is 9.84 Å². The SMILES string of the molecule is CN=C(NCC1CCS(=O)(=O)C1)N1CC(C)OC(c2ccc(F)cc2)C1. The van der Waals surface area contributed by atoms with Crippen LogP contribution >= 0.6 is 0 Å². The molecule has 144 valence electrons. The van der Waals surface area contributed by atoms with Crippen molar-refractivity contribution < 1.29 is 17.5 Å². The third-order valence-corrected chi connectivity index (χ3v) is 6.73. The molecule has 3 atom stereocenters. The molecule has 2 heterocycles. The van der Waals surface area contributed by atoms with Crippen LogP contribution in [-0.2, 0) is 14.6 Å². The Hall–Kier alpha value is -1.67. The molecule has 2 fully saturated rings. The summed E-state index contributed by atoms with van der Waals surface area (Å²) in [7, 11) is -1.15. The van der Waals surface area contributed by atoms with Crippen LogP contribution in [0.4, 0.5) is 4.39 Å². The zero-order valence-corrected chi connectivity index (χ0v) is 16.0. The number of hydrogen-bond donors (Lipinski definition) is 1. The number of sulfone groups is 1. The zero-order chi connectivity index (χ0) is 18.7. The monoisotopic (exact) mass is 383 g/mol. The van der Waals surface area contributed by atoms with Crippen molar-refractivity contribution in [3.05, 3.63) is 35.6 Å². The highest BCUT2D eigenvalue weighted by Gasteiger charge is 2.30. The van der Waals surface area contributed by atoms with E-state index in [1.54, 1.807) is 19.2 Å². The van der Waals surface area contributed by atoms with Gasteiger partial charge < -0.3 is 15.0 Å². The van der Waals surface area contributed by atoms with Gasteiger partial charge in [0.05, 0.1) is 24.2 Å². The van der Waals surface area contributed by atoms with Crippen molar-refractivity contribution >= 4 is 15.8 Å². The third-order valence-electron chi connectivity index (χ3n) is 4.89. The molecule has 2 aliphatic rings. The molecule has 26 heavy (non-hydrogen) atoms. The lowest BCUT2D eigenvalue weighted by atomic mass is 10.1. The molecule has 8 heteroatoms. The fraction of sp³-hybridized carbons (Fsp3) is 0.611. The van der Waals surface area contributed by atoms with E-state index in [4.69, 9.17) is 4.74 Å². The summed E-state index contributed by atoms with van der Waals surface area (Å²) >= 11 is 0. The van der Waals surface area contributed by atoms with Crippen molar-refractivity contribution in [3.63, 3.8) is 0 Å². The van der Waals surface area contributed by atoms with Gasteiger partial charge in [-0.1, -0.05) is 12.1 Å². The van der Waals surface area contributed by atoms with Crippen LogP contribution in [0.25, 0.3) is 0 Å². The van der Waals surface area contributed by atoms with Crippen molar-refractivity contribution in [1.82, 2.24) is 10.2 Å². The highest BCUT2D eigenvalue weighted by molar-refractivity contribution is 7.91. The van der Waals surface area contributed by atoms with Crippen LogP contribution in [-0.4, -0.2) is 63.6 Å². The van der Waals surface area contributed by atoms with Crippen LogP contribution < -0.4 is 5.32 Å². The Morgan fingerprint density at radius 2 is 2.08 bits per heavy atom. The lowest BCUT2D eigenvalue weighted by Gasteiger charge is -2.39. The number of morpholine rings is 1. The number of rotatable bonds is 3. The molecule has 0 aromatic heterocycles. The summed E-state index contributed by atoms with van der Waals surface area (Å²) in [5.41, 5.74) is 0.931. The molecule has 0 amide bonds. The van der Waals surface area contributed by atoms with Gasteiger partial charge in [-0.15, -0.1) is 0 Å². The summed E-state index contributed by atoms with van der Waals surface area (Å²) in [4.78, 5) is 6.47. The van der Waals surface area contributed by atoms with E-state index in [-0.39, 0.29) is 35.4 Å². The van der Waals surface area contributed by atoms with Crippen molar-refractivity contribution in [2.45, 2.75) is 25.6 Å². The highest BCUT2D eigenvalue weighted by Crippen LogP contribution is 2.25. The fourth-order valence-electron chi connectivity index (χ4n) is 3.59. The molecule has 6 nitrogen and oxygen atoms in total. The second-order valence-electron chi connectivity index (χ2n) is 7.09. The number of nitrogens with zero attached hydrogens (tertiary/aromatic N) is 2. The van der Waals surface area contributed by atoms with Crippen LogP contribution in [0.5, 0.6) is 0 Å². The van der Waals surface area contributed by atoms with Crippen LogP contribution in [0.15, 0.2) is 29.3 Å². The van der Waals surface area contributed by atoms with Crippen molar-refractivity contribution in [1.29, 1.82) is 0 Å². The quantitative estimate of drug-likeness (QED) is 0.634. The van der Waals surface area contributed by atoms with Gasteiger partial charge >= 0.3 is 0 Å². The van der Waals surface area contributed by atoms with Gasteiger partial charge in [0.2, 0.25) is 0 Å². The van der Waals surface area contributed by atoms with Crippen LogP contribution in [0.1, 0.15) is 25.0 Å². The van der Waals surface area contributed by atoms with Crippen LogP contribution in [0, 0.1) is 11.7 Å². The topological polar surface area (TPSA) is 71.0 Å². The maximum atomic E-state index is 13.2. The van der Waals surface area contributed by atoms with Gasteiger partial charge in [0.15, 0.2) is 15.8 Å². The fourth-order valence-corrected chi connectivity index (χ4v) is 5.45. The van der Waals surface area contributed by atoms with E-state index in [0.717, 1.165) is 11.5 Å². The minimum atomic E-state index is -2.88. The number of ether oxygens (including phenoxy) is 1. The van der Waals surface area contributed by atoms with E-state index in [2.05, 4.69) is 15.2 Å². The molecule has 1 aromatic carbocycles. The van der Waals surface area contributed by atoms with Gasteiger partial charge in [-0.05, 0) is 37.0 Å². The summed E-state index contributed by atoms with van der Waals surface area (Å²) in [6, 6.07) is 6.37. The van der Waals surface area contributed by atoms with Crippen LogP contribution in [0.2, 0.25) is 0 Å². The number of halogens is 1. The Morgan fingerprint density at radius 1 is 1.35 bits per heavy atom. The van der Waals surface area contributed by atoms with E-state index in [1.165, 1.54) is 12.1 Å². The molecule has 0 aliphatic carbocycles. The van der Waals surface area contributed by atoms with Gasteiger partial charge in [0.25, 0.3) is 0 Å². The number of guanidine groups is 1. The third kappa shape index (κ3) is 4.73. The minimum absolute atomic E-state index is 0.00390. The summed E-state index contributed by atoms with van der Waals surface area (Å²) in [6.07, 6.45) is 0.540. The molecule has 1 aromatic rings. The molecule has 3 rings (SSSR count). The van der Waals surface area contributed by atoms with Crippen LogP contribution in [0.3, 0.4) is 0 Å². The summed E-state index contributed by atoms with van der Waals surface area (Å²) in [5, 5.41) is 3.32. The van der Waals surface area contributed by atoms with Gasteiger partial charge in [-0.3, -0.25) is 4.99 Å². The van der Waals surface area contributed by atoms with E-state index >= 15 is 0 Å². The predicted octanol–water partition coefficient (Wildman–Crippen LogP) is 1.60. The number of nitrogens with one attached hydrogen (secondary N) is 1. The Labute approximate surface area is 154 Å². The second kappa shape index (κ2) is 7.92. The van der Waals surface area contributed by atoms with Crippen molar-refractivity contribution in [3.8, 4) is 0 Å². The van der Waals surface area contributed by atoms with E-state index in [0.29, 0.717) is 26.1 Å². The first kappa shape index (κ1) is 19.1. The number of aliphatic imine (C=N–C) groups is 1. The van der Waals surface area contributed by atoms with Gasteiger partial charge in [0, 0.05) is 20.1 Å². The maximum absolute atomic E-state index is 13.2. The molecule has 2 saturated heterocycles. The molecule has 0 bridgehead atoms. The first-order chi connectivity index (χ1) is 12.4. The van der Waals surface area contributed by atoms with Gasteiger partial charge in [-0.2, -0.15) is 0 Å². The average molecular weight is 383 g/mol. The predicted molar refractivity (Wildman–Crippen MR) is 99.4 cm³/mol. The summed E-state index contributed by atoms with van der Waals surface area (Å²) < 4.78 is 42.4. The minimum Gasteiger partial charge on any atom is -0.367 e. The molecular formula is C18H26FN3O3S. The summed E-state index contributed by atoms with van der Waals surface area (Å²) in [6.45, 7) is 3.90. The summed E-state index contributed by atoms with van der Waals surface area (Å²) in [5.74, 6) is 1.13. The molecule has 0 radical (unpaired) electrons. The average Bonchev–Trinajstić information content (AvgIpc) is 2.94. The Morgan fingerprint density at radius 3 is 2.69 bits per heavy atom. The lowest BCUT2D eigenvalue weighted by molar-refractivity contribution is -0.0605. The van der Waals surface area contributed by atoms with E-state index in [1.807, 2.05) is 6.92 Å².